The predicted octanol–water partition coefficient (Wildman–Crippen LogP) is 1.65. The van der Waals surface area contributed by atoms with Gasteiger partial charge in [-0.15, -0.1) is 0 Å². The van der Waals surface area contributed by atoms with Crippen LogP contribution in [0.4, 0.5) is 0 Å². The molecule has 0 fully saturated rings. The van der Waals surface area contributed by atoms with E-state index in [0.29, 0.717) is 25.3 Å². The fraction of sp³-hybridized carbons (Fsp3) is 0.438. The van der Waals surface area contributed by atoms with Crippen molar-refractivity contribution in [2.24, 2.45) is 0 Å². The van der Waals surface area contributed by atoms with Gasteiger partial charge >= 0.3 is 0 Å². The van der Waals surface area contributed by atoms with Crippen LogP contribution in [0, 0.1) is 0 Å². The Balaban J connectivity index is 2.87. The highest BCUT2D eigenvalue weighted by atomic mass is 32.2. The van der Waals surface area contributed by atoms with Gasteiger partial charge in [-0.05, 0) is 38.1 Å². The van der Waals surface area contributed by atoms with Crippen molar-refractivity contribution < 1.29 is 17.9 Å². The van der Waals surface area contributed by atoms with Crippen LogP contribution in [0.25, 0.3) is 0 Å². The first-order valence-corrected chi connectivity index (χ1v) is 8.82. The van der Waals surface area contributed by atoms with Crippen molar-refractivity contribution in [2.75, 3.05) is 33.4 Å². The van der Waals surface area contributed by atoms with Crippen LogP contribution >= 0.6 is 0 Å². The van der Waals surface area contributed by atoms with Crippen molar-refractivity contribution >= 4 is 15.9 Å². The second-order valence-electron chi connectivity index (χ2n) is 5.19. The third-order valence-electron chi connectivity index (χ3n) is 3.14. The molecule has 1 rings (SSSR count). The fourth-order valence-electron chi connectivity index (χ4n) is 1.97. The first kappa shape index (κ1) is 19.3. The number of hydrogen-bond donors (Lipinski definition) is 1. The summed E-state index contributed by atoms with van der Waals surface area (Å²) in [5.74, 6) is -0.146. The van der Waals surface area contributed by atoms with Gasteiger partial charge in [-0.2, -0.15) is 0 Å². The van der Waals surface area contributed by atoms with Gasteiger partial charge in [0.2, 0.25) is 10.0 Å². The van der Waals surface area contributed by atoms with Crippen LogP contribution in [-0.4, -0.2) is 52.6 Å². The van der Waals surface area contributed by atoms with Gasteiger partial charge in [-0.1, -0.05) is 12.2 Å². The summed E-state index contributed by atoms with van der Waals surface area (Å²) in [6.45, 7) is 9.09. The Morgan fingerprint density at radius 1 is 1.30 bits per heavy atom. The van der Waals surface area contributed by atoms with Gasteiger partial charge in [0.15, 0.2) is 0 Å². The van der Waals surface area contributed by atoms with Crippen LogP contribution in [0.15, 0.2) is 41.3 Å². The molecule has 0 spiro atoms. The van der Waals surface area contributed by atoms with E-state index in [1.807, 2.05) is 13.8 Å². The minimum absolute atomic E-state index is 0.119. The molecule has 7 heteroatoms. The third kappa shape index (κ3) is 5.78. The predicted molar refractivity (Wildman–Crippen MR) is 89.9 cm³/mol. The van der Waals surface area contributed by atoms with E-state index in [1.165, 1.54) is 31.4 Å². The molecule has 0 aliphatic carbocycles. The summed E-state index contributed by atoms with van der Waals surface area (Å²) in [5, 5.41) is 0. The summed E-state index contributed by atoms with van der Waals surface area (Å²) < 4.78 is 31.3. The molecule has 1 aromatic rings. The van der Waals surface area contributed by atoms with Crippen molar-refractivity contribution in [1.82, 2.24) is 9.62 Å². The molecule has 0 unspecified atom stereocenters. The molecule has 0 saturated carbocycles. The number of carbonyl (C=O) groups is 1. The maximum atomic E-state index is 12.4. The minimum Gasteiger partial charge on any atom is -0.383 e. The van der Waals surface area contributed by atoms with E-state index in [-0.39, 0.29) is 17.3 Å². The second kappa shape index (κ2) is 8.81. The number of ether oxygens (including phenoxy) is 1. The van der Waals surface area contributed by atoms with Crippen LogP contribution in [-0.2, 0) is 14.8 Å². The molecule has 0 atom stereocenters. The lowest BCUT2D eigenvalue weighted by Crippen LogP contribution is -2.32. The highest BCUT2D eigenvalue weighted by molar-refractivity contribution is 7.89. The maximum absolute atomic E-state index is 12.4. The van der Waals surface area contributed by atoms with Crippen LogP contribution in [0.5, 0.6) is 0 Å². The van der Waals surface area contributed by atoms with E-state index >= 15 is 0 Å². The van der Waals surface area contributed by atoms with Gasteiger partial charge in [0.1, 0.15) is 0 Å². The van der Waals surface area contributed by atoms with Gasteiger partial charge in [0, 0.05) is 32.3 Å². The molecule has 0 bridgehead atoms. The lowest BCUT2D eigenvalue weighted by molar-refractivity contribution is 0.0778. The smallest absolute Gasteiger partial charge is 0.254 e. The SMILES string of the molecule is C=C(C)CN(CC)C(=O)c1ccc(S(=O)(=O)NCCOC)cc1. The lowest BCUT2D eigenvalue weighted by atomic mass is 10.2. The molecule has 0 radical (unpaired) electrons. The zero-order valence-electron chi connectivity index (χ0n) is 13.8. The monoisotopic (exact) mass is 340 g/mol. The molecule has 1 amide bonds. The molecule has 0 aromatic heterocycles. The normalized spacial score (nSPS) is 11.3. The number of nitrogens with one attached hydrogen (secondary N) is 1. The van der Waals surface area contributed by atoms with Gasteiger partial charge < -0.3 is 9.64 Å². The number of amides is 1. The Kier molecular flexibility index (Phi) is 7.41. The first-order chi connectivity index (χ1) is 10.8. The Morgan fingerprint density at radius 2 is 1.91 bits per heavy atom. The Hall–Kier alpha value is -1.70. The minimum atomic E-state index is -3.59. The molecule has 6 nitrogen and oxygen atoms in total. The molecule has 23 heavy (non-hydrogen) atoms. The van der Waals surface area contributed by atoms with Crippen molar-refractivity contribution in [3.63, 3.8) is 0 Å². The molecular weight excluding hydrogens is 316 g/mol. The van der Waals surface area contributed by atoms with Gasteiger partial charge in [-0.3, -0.25) is 4.79 Å². The first-order valence-electron chi connectivity index (χ1n) is 7.34. The van der Waals surface area contributed by atoms with Crippen molar-refractivity contribution in [1.29, 1.82) is 0 Å². The maximum Gasteiger partial charge on any atom is 0.254 e. The second-order valence-corrected chi connectivity index (χ2v) is 6.96. The summed E-state index contributed by atoms with van der Waals surface area (Å²) in [6, 6.07) is 5.90. The van der Waals surface area contributed by atoms with E-state index in [2.05, 4.69) is 11.3 Å². The Labute approximate surface area is 138 Å². The number of methoxy groups -OCH3 is 1. The highest BCUT2D eigenvalue weighted by Gasteiger charge is 2.17. The molecule has 128 valence electrons. The zero-order valence-corrected chi connectivity index (χ0v) is 14.6. The summed E-state index contributed by atoms with van der Waals surface area (Å²) in [5.41, 5.74) is 1.34. The molecule has 0 aliphatic rings. The molecule has 0 saturated heterocycles. The number of hydrogen-bond acceptors (Lipinski definition) is 4. The van der Waals surface area contributed by atoms with Crippen LogP contribution < -0.4 is 4.72 Å². The number of likely N-dealkylation sites (N-methyl/N-ethyl adjacent to an activating group) is 1. The summed E-state index contributed by atoms with van der Waals surface area (Å²) >= 11 is 0. The Bertz CT molecular complexity index is 639. The summed E-state index contributed by atoms with van der Waals surface area (Å²) in [7, 11) is -2.09. The van der Waals surface area contributed by atoms with E-state index in [1.54, 1.807) is 4.90 Å². The Morgan fingerprint density at radius 3 is 2.39 bits per heavy atom. The van der Waals surface area contributed by atoms with Gasteiger partial charge in [0.05, 0.1) is 11.5 Å². The van der Waals surface area contributed by atoms with Crippen molar-refractivity contribution in [3.05, 3.63) is 42.0 Å². The number of sulfonamides is 1. The molecule has 0 heterocycles. The van der Waals surface area contributed by atoms with E-state index in [0.717, 1.165) is 5.57 Å². The number of benzene rings is 1. The highest BCUT2D eigenvalue weighted by Crippen LogP contribution is 2.13. The van der Waals surface area contributed by atoms with Gasteiger partial charge in [-0.25, -0.2) is 13.1 Å². The largest absolute Gasteiger partial charge is 0.383 e. The van der Waals surface area contributed by atoms with E-state index in [9.17, 15) is 13.2 Å². The summed E-state index contributed by atoms with van der Waals surface area (Å²) in [4.78, 5) is 14.2. The van der Waals surface area contributed by atoms with E-state index < -0.39 is 10.0 Å². The average molecular weight is 340 g/mol. The number of carbonyl (C=O) groups excluding carboxylic acids is 1. The third-order valence-corrected chi connectivity index (χ3v) is 4.62. The lowest BCUT2D eigenvalue weighted by Gasteiger charge is -2.21. The molecule has 0 aliphatic heterocycles. The number of rotatable bonds is 9. The molecule has 1 aromatic carbocycles. The standard InChI is InChI=1S/C16H24N2O4S/c1-5-18(12-13(2)3)16(19)14-6-8-15(9-7-14)23(20,21)17-10-11-22-4/h6-9,17H,2,5,10-12H2,1,3-4H3. The van der Waals surface area contributed by atoms with Crippen LogP contribution in [0.1, 0.15) is 24.2 Å². The average Bonchev–Trinajstić information content (AvgIpc) is 2.52. The molecular formula is C16H24N2O4S. The number of nitrogens with zero attached hydrogens (tertiary/aromatic N) is 1. The quantitative estimate of drug-likeness (QED) is 0.548. The zero-order chi connectivity index (χ0) is 17.5. The molecule has 1 N–H and O–H groups in total. The summed E-state index contributed by atoms with van der Waals surface area (Å²) in [6.07, 6.45) is 0. The van der Waals surface area contributed by atoms with Crippen LogP contribution in [0.2, 0.25) is 0 Å². The fourth-order valence-corrected chi connectivity index (χ4v) is 2.99. The van der Waals surface area contributed by atoms with Crippen LogP contribution in [0.3, 0.4) is 0 Å². The van der Waals surface area contributed by atoms with Gasteiger partial charge in [0.25, 0.3) is 5.91 Å². The topological polar surface area (TPSA) is 75.7 Å². The van der Waals surface area contributed by atoms with Crippen molar-refractivity contribution in [3.8, 4) is 0 Å². The van der Waals surface area contributed by atoms with E-state index in [4.69, 9.17) is 4.74 Å². The van der Waals surface area contributed by atoms with Crippen molar-refractivity contribution in [2.45, 2.75) is 18.7 Å².